The van der Waals surface area contributed by atoms with Crippen LogP contribution in [-0.4, -0.2) is 35.8 Å². The maximum absolute atomic E-state index is 13.6. The van der Waals surface area contributed by atoms with Crippen molar-refractivity contribution in [2.45, 2.75) is 45.7 Å². The molecule has 0 unspecified atom stereocenters. The zero-order chi connectivity index (χ0) is 20.8. The Morgan fingerprint density at radius 2 is 1.86 bits per heavy atom. The maximum atomic E-state index is 13.6. The van der Waals surface area contributed by atoms with Crippen molar-refractivity contribution in [3.8, 4) is 0 Å². The first-order valence-electron chi connectivity index (χ1n) is 10.0. The Morgan fingerprint density at radius 3 is 2.59 bits per heavy atom. The molecule has 154 valence electrons. The van der Waals surface area contributed by atoms with Crippen LogP contribution in [0, 0.1) is 19.7 Å². The van der Waals surface area contributed by atoms with Gasteiger partial charge in [-0.1, -0.05) is 30.3 Å². The normalized spacial score (nSPS) is 13.4. The Hall–Kier alpha value is -2.73. The highest BCUT2D eigenvalue weighted by atomic mass is 19.1. The third-order valence-electron chi connectivity index (χ3n) is 5.14. The third-order valence-corrected chi connectivity index (χ3v) is 5.14. The highest BCUT2D eigenvalue weighted by molar-refractivity contribution is 5.93. The summed E-state index contributed by atoms with van der Waals surface area (Å²) in [6.07, 6.45) is 2.38. The lowest BCUT2D eigenvalue weighted by molar-refractivity contribution is -0.122. The van der Waals surface area contributed by atoms with E-state index in [0.717, 1.165) is 29.7 Å². The van der Waals surface area contributed by atoms with E-state index in [9.17, 15) is 14.0 Å². The van der Waals surface area contributed by atoms with Crippen molar-refractivity contribution in [1.82, 2.24) is 10.2 Å². The summed E-state index contributed by atoms with van der Waals surface area (Å²) in [7, 11) is 0. The minimum atomic E-state index is -0.324. The first-order valence-corrected chi connectivity index (χ1v) is 10.0. The van der Waals surface area contributed by atoms with Gasteiger partial charge in [-0.3, -0.25) is 14.5 Å². The Morgan fingerprint density at radius 1 is 1.10 bits per heavy atom. The summed E-state index contributed by atoms with van der Waals surface area (Å²) in [4.78, 5) is 26.7. The summed E-state index contributed by atoms with van der Waals surface area (Å²) in [6, 6.07) is 12.7. The lowest BCUT2D eigenvalue weighted by atomic mass is 10.1. The van der Waals surface area contributed by atoms with Gasteiger partial charge in [-0.05, 0) is 49.9 Å². The largest absolute Gasteiger partial charge is 0.352 e. The maximum Gasteiger partial charge on any atom is 0.238 e. The molecule has 6 heteroatoms. The fourth-order valence-electron chi connectivity index (χ4n) is 3.24. The van der Waals surface area contributed by atoms with Crippen molar-refractivity contribution in [1.29, 1.82) is 0 Å². The predicted octanol–water partition coefficient (Wildman–Crippen LogP) is 3.55. The zero-order valence-corrected chi connectivity index (χ0v) is 17.0. The second-order valence-electron chi connectivity index (χ2n) is 7.69. The SMILES string of the molecule is Cc1ccc(C)c(NC(=O)CN(CCC(=O)NCc2ccccc2F)C2CC2)c1. The van der Waals surface area contributed by atoms with E-state index in [-0.39, 0.29) is 37.1 Å². The van der Waals surface area contributed by atoms with Crippen LogP contribution in [-0.2, 0) is 16.1 Å². The van der Waals surface area contributed by atoms with Crippen LogP contribution >= 0.6 is 0 Å². The molecule has 5 nitrogen and oxygen atoms in total. The molecular formula is C23H28FN3O2. The van der Waals surface area contributed by atoms with E-state index in [2.05, 4.69) is 15.5 Å². The van der Waals surface area contributed by atoms with Crippen molar-refractivity contribution in [3.63, 3.8) is 0 Å². The van der Waals surface area contributed by atoms with E-state index >= 15 is 0 Å². The van der Waals surface area contributed by atoms with Crippen molar-refractivity contribution >= 4 is 17.5 Å². The standard InChI is InChI=1S/C23H28FN3O2/c1-16-7-8-17(2)21(13-16)26-23(29)15-27(19-9-10-19)12-11-22(28)25-14-18-5-3-4-6-20(18)24/h3-8,13,19H,9-12,14-15H2,1-2H3,(H,25,28)(H,26,29). The second kappa shape index (κ2) is 9.65. The minimum Gasteiger partial charge on any atom is -0.352 e. The van der Waals surface area contributed by atoms with Gasteiger partial charge in [0, 0.05) is 36.8 Å². The number of halogens is 1. The van der Waals surface area contributed by atoms with Gasteiger partial charge in [-0.25, -0.2) is 4.39 Å². The van der Waals surface area contributed by atoms with E-state index in [1.54, 1.807) is 18.2 Å². The number of benzene rings is 2. The molecule has 0 saturated heterocycles. The van der Waals surface area contributed by atoms with Crippen LogP contribution in [0.5, 0.6) is 0 Å². The van der Waals surface area contributed by atoms with Crippen LogP contribution in [0.15, 0.2) is 42.5 Å². The van der Waals surface area contributed by atoms with Crippen molar-refractivity contribution in [3.05, 3.63) is 65.0 Å². The van der Waals surface area contributed by atoms with Gasteiger partial charge >= 0.3 is 0 Å². The smallest absolute Gasteiger partial charge is 0.238 e. The molecule has 0 heterocycles. The van der Waals surface area contributed by atoms with Crippen molar-refractivity contribution < 1.29 is 14.0 Å². The molecule has 1 saturated carbocycles. The van der Waals surface area contributed by atoms with Crippen LogP contribution in [0.3, 0.4) is 0 Å². The number of nitrogens with one attached hydrogen (secondary N) is 2. The Kier molecular flexibility index (Phi) is 6.99. The molecular weight excluding hydrogens is 369 g/mol. The van der Waals surface area contributed by atoms with Crippen LogP contribution in [0.1, 0.15) is 36.0 Å². The number of hydrogen-bond donors (Lipinski definition) is 2. The molecule has 0 aromatic heterocycles. The highest BCUT2D eigenvalue weighted by Gasteiger charge is 2.30. The minimum absolute atomic E-state index is 0.0719. The van der Waals surface area contributed by atoms with Crippen LogP contribution in [0.2, 0.25) is 0 Å². The molecule has 2 aromatic carbocycles. The third kappa shape index (κ3) is 6.39. The molecule has 0 bridgehead atoms. The average molecular weight is 397 g/mol. The van der Waals surface area contributed by atoms with E-state index < -0.39 is 0 Å². The van der Waals surface area contributed by atoms with Crippen LogP contribution < -0.4 is 10.6 Å². The lowest BCUT2D eigenvalue weighted by Crippen LogP contribution is -2.37. The van der Waals surface area contributed by atoms with E-state index in [1.165, 1.54) is 6.07 Å². The summed E-state index contributed by atoms with van der Waals surface area (Å²) in [6.45, 7) is 4.90. The van der Waals surface area contributed by atoms with Gasteiger partial charge in [-0.15, -0.1) is 0 Å². The van der Waals surface area contributed by atoms with Crippen LogP contribution in [0.4, 0.5) is 10.1 Å². The molecule has 2 N–H and O–H groups in total. The monoisotopic (exact) mass is 397 g/mol. The first-order chi connectivity index (χ1) is 13.9. The van der Waals surface area contributed by atoms with Crippen molar-refractivity contribution in [2.24, 2.45) is 0 Å². The number of hydrogen-bond acceptors (Lipinski definition) is 3. The quantitative estimate of drug-likeness (QED) is 0.680. The van der Waals surface area contributed by atoms with Gasteiger partial charge in [-0.2, -0.15) is 0 Å². The summed E-state index contributed by atoms with van der Waals surface area (Å²) in [5.41, 5.74) is 3.41. The fourth-order valence-corrected chi connectivity index (χ4v) is 3.24. The second-order valence-corrected chi connectivity index (χ2v) is 7.69. The molecule has 0 aliphatic heterocycles. The molecule has 2 aromatic rings. The molecule has 3 rings (SSSR count). The van der Waals surface area contributed by atoms with Gasteiger partial charge in [0.05, 0.1) is 6.54 Å². The fraction of sp³-hybridized carbons (Fsp3) is 0.391. The van der Waals surface area contributed by atoms with E-state index in [4.69, 9.17) is 0 Å². The van der Waals surface area contributed by atoms with Gasteiger partial charge in [0.15, 0.2) is 0 Å². The molecule has 1 fully saturated rings. The molecule has 29 heavy (non-hydrogen) atoms. The number of carbonyl (C=O) groups excluding carboxylic acids is 2. The number of rotatable bonds is 9. The van der Waals surface area contributed by atoms with Crippen molar-refractivity contribution in [2.75, 3.05) is 18.4 Å². The summed E-state index contributed by atoms with van der Waals surface area (Å²) in [5, 5.41) is 5.74. The zero-order valence-electron chi connectivity index (χ0n) is 17.0. The molecule has 0 radical (unpaired) electrons. The highest BCUT2D eigenvalue weighted by Crippen LogP contribution is 2.27. The average Bonchev–Trinajstić information content (AvgIpc) is 3.52. The van der Waals surface area contributed by atoms with Crippen LogP contribution in [0.25, 0.3) is 0 Å². The number of amides is 2. The Balaban J connectivity index is 1.47. The number of carbonyl (C=O) groups is 2. The number of anilines is 1. The van der Waals surface area contributed by atoms with E-state index in [1.807, 2.05) is 32.0 Å². The van der Waals surface area contributed by atoms with Gasteiger partial charge in [0.1, 0.15) is 5.82 Å². The number of aryl methyl sites for hydroxylation is 2. The molecule has 1 aliphatic rings. The molecule has 2 amide bonds. The summed E-state index contributed by atoms with van der Waals surface area (Å²) < 4.78 is 13.6. The van der Waals surface area contributed by atoms with E-state index in [0.29, 0.717) is 18.2 Å². The molecule has 1 aliphatic carbocycles. The topological polar surface area (TPSA) is 61.4 Å². The lowest BCUT2D eigenvalue weighted by Gasteiger charge is -2.21. The predicted molar refractivity (Wildman–Crippen MR) is 112 cm³/mol. The molecule has 0 spiro atoms. The first kappa shape index (κ1) is 21.0. The number of nitrogens with zero attached hydrogens (tertiary/aromatic N) is 1. The van der Waals surface area contributed by atoms with Gasteiger partial charge in [0.25, 0.3) is 0 Å². The molecule has 0 atom stereocenters. The van der Waals surface area contributed by atoms with Gasteiger partial charge in [0.2, 0.25) is 11.8 Å². The summed E-state index contributed by atoms with van der Waals surface area (Å²) >= 11 is 0. The van der Waals surface area contributed by atoms with Gasteiger partial charge < -0.3 is 10.6 Å². The Bertz CT molecular complexity index is 880. The summed E-state index contributed by atoms with van der Waals surface area (Å²) in [5.74, 6) is -0.540. The Labute approximate surface area is 171 Å².